The number of rotatable bonds is 3. The average Bonchev–Trinajstić information content (AvgIpc) is 2.15. The van der Waals surface area contributed by atoms with Crippen molar-refractivity contribution >= 4 is 11.7 Å². The third kappa shape index (κ3) is 2.02. The lowest BCUT2D eigenvalue weighted by atomic mass is 10.2. The fraction of sp³-hybridized carbons (Fsp3) is 0.143. The molecular formula is C7H4F2N2O5. The van der Waals surface area contributed by atoms with E-state index in [0.29, 0.717) is 6.07 Å². The van der Waals surface area contributed by atoms with E-state index >= 15 is 0 Å². The molecule has 9 heteroatoms. The number of hydrogen-bond donors (Lipinski definition) is 2. The topological polar surface area (TPSA) is 113 Å². The highest BCUT2D eigenvalue weighted by Gasteiger charge is 2.25. The molecule has 0 saturated heterocycles. The molecule has 1 rings (SSSR count). The van der Waals surface area contributed by atoms with Gasteiger partial charge in [0.15, 0.2) is 0 Å². The number of carboxylic acids is 1. The molecule has 0 spiro atoms. The second-order valence-electron chi connectivity index (χ2n) is 2.67. The quantitative estimate of drug-likeness (QED) is 0.596. The second kappa shape index (κ2) is 4.04. The maximum Gasteiger partial charge on any atom is 0.337 e. The lowest BCUT2D eigenvalue weighted by Crippen LogP contribution is -2.18. The second-order valence-corrected chi connectivity index (χ2v) is 2.67. The number of carbonyl (C=O) groups is 1. The van der Waals surface area contributed by atoms with Gasteiger partial charge in [0.1, 0.15) is 0 Å². The van der Waals surface area contributed by atoms with E-state index in [4.69, 9.17) is 5.11 Å². The van der Waals surface area contributed by atoms with Crippen LogP contribution in [0.5, 0.6) is 0 Å². The van der Waals surface area contributed by atoms with Crippen LogP contribution < -0.4 is 5.56 Å². The van der Waals surface area contributed by atoms with E-state index < -0.39 is 39.8 Å². The molecule has 0 radical (unpaired) electrons. The molecule has 0 amide bonds. The van der Waals surface area contributed by atoms with Crippen molar-refractivity contribution in [1.82, 2.24) is 4.98 Å². The first kappa shape index (κ1) is 11.8. The zero-order valence-electron chi connectivity index (χ0n) is 7.44. The zero-order chi connectivity index (χ0) is 12.5. The first-order chi connectivity index (χ1) is 7.34. The monoisotopic (exact) mass is 234 g/mol. The Balaban J connectivity index is 3.56. The van der Waals surface area contributed by atoms with Gasteiger partial charge in [-0.1, -0.05) is 0 Å². The Labute approximate surface area is 85.5 Å². The van der Waals surface area contributed by atoms with Gasteiger partial charge in [0.05, 0.1) is 16.2 Å². The number of aromatic amines is 1. The van der Waals surface area contributed by atoms with Gasteiger partial charge in [0, 0.05) is 6.07 Å². The third-order valence-corrected chi connectivity index (χ3v) is 1.70. The summed E-state index contributed by atoms with van der Waals surface area (Å²) in [6.45, 7) is 0. The summed E-state index contributed by atoms with van der Waals surface area (Å²) in [4.78, 5) is 32.1. The first-order valence-electron chi connectivity index (χ1n) is 3.77. The molecule has 1 aromatic rings. The normalized spacial score (nSPS) is 10.4. The number of pyridine rings is 1. The number of hydrogen-bond acceptors (Lipinski definition) is 4. The van der Waals surface area contributed by atoms with Crippen LogP contribution in [0.3, 0.4) is 0 Å². The van der Waals surface area contributed by atoms with E-state index in [1.54, 1.807) is 0 Å². The maximum absolute atomic E-state index is 12.3. The summed E-state index contributed by atoms with van der Waals surface area (Å²) in [5, 5.41) is 18.8. The number of H-pyrrole nitrogens is 1. The summed E-state index contributed by atoms with van der Waals surface area (Å²) >= 11 is 0. The summed E-state index contributed by atoms with van der Waals surface area (Å²) in [5.74, 6) is -1.78. The lowest BCUT2D eigenvalue weighted by molar-refractivity contribution is -0.386. The molecule has 0 atom stereocenters. The van der Waals surface area contributed by atoms with Gasteiger partial charge < -0.3 is 10.1 Å². The van der Waals surface area contributed by atoms with Crippen molar-refractivity contribution in [1.29, 1.82) is 0 Å². The number of carboxylic acid groups (broad SMARTS) is 1. The Morgan fingerprint density at radius 2 is 2.12 bits per heavy atom. The Hall–Kier alpha value is -2.32. The van der Waals surface area contributed by atoms with E-state index in [9.17, 15) is 28.5 Å². The summed E-state index contributed by atoms with van der Waals surface area (Å²) < 4.78 is 24.6. The smallest absolute Gasteiger partial charge is 0.337 e. The van der Waals surface area contributed by atoms with Crippen molar-refractivity contribution in [3.63, 3.8) is 0 Å². The van der Waals surface area contributed by atoms with Crippen LogP contribution in [0.2, 0.25) is 0 Å². The van der Waals surface area contributed by atoms with Gasteiger partial charge in [-0.15, -0.1) is 0 Å². The predicted octanol–water partition coefficient (Wildman–Crippen LogP) is 0.919. The molecular weight excluding hydrogens is 230 g/mol. The SMILES string of the molecule is O=C(O)c1cc([N+](=O)[O-])c(=O)[nH]c1C(F)F. The number of aromatic carboxylic acids is 1. The molecule has 7 nitrogen and oxygen atoms in total. The van der Waals surface area contributed by atoms with Crippen LogP contribution in [0, 0.1) is 10.1 Å². The molecule has 0 bridgehead atoms. The van der Waals surface area contributed by atoms with E-state index in [1.165, 1.54) is 4.98 Å². The van der Waals surface area contributed by atoms with Crippen LogP contribution in [0.1, 0.15) is 22.5 Å². The Morgan fingerprint density at radius 3 is 2.50 bits per heavy atom. The van der Waals surface area contributed by atoms with Gasteiger partial charge >= 0.3 is 17.2 Å². The molecule has 0 aliphatic rings. The third-order valence-electron chi connectivity index (χ3n) is 1.70. The minimum Gasteiger partial charge on any atom is -0.478 e. The van der Waals surface area contributed by atoms with Crippen LogP contribution in [-0.4, -0.2) is 21.0 Å². The maximum atomic E-state index is 12.3. The highest BCUT2D eigenvalue weighted by Crippen LogP contribution is 2.21. The summed E-state index contributed by atoms with van der Waals surface area (Å²) in [7, 11) is 0. The molecule has 0 fully saturated rings. The molecule has 1 heterocycles. The molecule has 0 aromatic carbocycles. The van der Waals surface area contributed by atoms with E-state index in [2.05, 4.69) is 0 Å². The minimum absolute atomic E-state index is 0.308. The number of alkyl halides is 2. The van der Waals surface area contributed by atoms with Crippen molar-refractivity contribution < 1.29 is 23.6 Å². The van der Waals surface area contributed by atoms with Crippen LogP contribution in [0.4, 0.5) is 14.5 Å². The van der Waals surface area contributed by atoms with Gasteiger partial charge in [-0.3, -0.25) is 14.9 Å². The van der Waals surface area contributed by atoms with Crippen LogP contribution >= 0.6 is 0 Å². The van der Waals surface area contributed by atoms with Gasteiger partial charge in [-0.25, -0.2) is 13.6 Å². The number of nitro groups is 1. The van der Waals surface area contributed by atoms with E-state index in [0.717, 1.165) is 0 Å². The highest BCUT2D eigenvalue weighted by atomic mass is 19.3. The molecule has 86 valence electrons. The Morgan fingerprint density at radius 1 is 1.56 bits per heavy atom. The predicted molar refractivity (Wildman–Crippen MR) is 45.6 cm³/mol. The zero-order valence-corrected chi connectivity index (χ0v) is 7.44. The molecule has 0 saturated carbocycles. The number of nitrogens with one attached hydrogen (secondary N) is 1. The number of nitrogens with zero attached hydrogens (tertiary/aromatic N) is 1. The van der Waals surface area contributed by atoms with E-state index in [1.807, 2.05) is 0 Å². The molecule has 1 aromatic heterocycles. The fourth-order valence-electron chi connectivity index (χ4n) is 1.02. The Bertz CT molecular complexity index is 510. The van der Waals surface area contributed by atoms with Crippen molar-refractivity contribution in [2.45, 2.75) is 6.43 Å². The summed E-state index contributed by atoms with van der Waals surface area (Å²) in [5.41, 5.74) is -4.61. The van der Waals surface area contributed by atoms with Crippen molar-refractivity contribution in [2.75, 3.05) is 0 Å². The number of aromatic nitrogens is 1. The van der Waals surface area contributed by atoms with Crippen molar-refractivity contribution in [3.05, 3.63) is 37.8 Å². The molecule has 16 heavy (non-hydrogen) atoms. The lowest BCUT2D eigenvalue weighted by Gasteiger charge is -2.03. The van der Waals surface area contributed by atoms with Crippen molar-refractivity contribution in [2.24, 2.45) is 0 Å². The van der Waals surface area contributed by atoms with Gasteiger partial charge in [0.2, 0.25) is 0 Å². The van der Waals surface area contributed by atoms with Crippen LogP contribution in [0.25, 0.3) is 0 Å². The Kier molecular flexibility index (Phi) is 2.97. The first-order valence-corrected chi connectivity index (χ1v) is 3.77. The van der Waals surface area contributed by atoms with E-state index in [-0.39, 0.29) is 0 Å². The summed E-state index contributed by atoms with van der Waals surface area (Å²) in [6, 6.07) is 0.308. The van der Waals surface area contributed by atoms with Crippen molar-refractivity contribution in [3.8, 4) is 0 Å². The van der Waals surface area contributed by atoms with Gasteiger partial charge in [-0.05, 0) is 0 Å². The van der Waals surface area contributed by atoms with Crippen LogP contribution in [0.15, 0.2) is 10.9 Å². The standard InChI is InChI=1S/C7H4F2N2O5/c8-5(9)4-2(7(13)14)1-3(11(15)16)6(12)10-4/h1,5H,(H,10,12)(H,13,14). The highest BCUT2D eigenvalue weighted by molar-refractivity contribution is 5.89. The molecule has 2 N–H and O–H groups in total. The minimum atomic E-state index is -3.24. The molecule has 0 aliphatic carbocycles. The summed E-state index contributed by atoms with van der Waals surface area (Å²) in [6.07, 6.45) is -3.24. The van der Waals surface area contributed by atoms with Gasteiger partial charge in [0.25, 0.3) is 6.43 Å². The van der Waals surface area contributed by atoms with Crippen LogP contribution in [-0.2, 0) is 0 Å². The molecule has 0 aliphatic heterocycles. The fourth-order valence-corrected chi connectivity index (χ4v) is 1.02. The number of halogens is 2. The average molecular weight is 234 g/mol. The largest absolute Gasteiger partial charge is 0.478 e. The van der Waals surface area contributed by atoms with Gasteiger partial charge in [-0.2, -0.15) is 0 Å². The molecule has 0 unspecified atom stereocenters.